The lowest BCUT2D eigenvalue weighted by Crippen LogP contribution is -2.29. The Morgan fingerprint density at radius 1 is 1.33 bits per heavy atom. The Labute approximate surface area is 110 Å². The molecule has 1 aliphatic rings. The van der Waals surface area contributed by atoms with Crippen LogP contribution in [0.25, 0.3) is 0 Å². The number of rotatable bonds is 3. The van der Waals surface area contributed by atoms with Gasteiger partial charge in [0.2, 0.25) is 5.91 Å². The van der Waals surface area contributed by atoms with Crippen LogP contribution in [-0.2, 0) is 14.8 Å². The van der Waals surface area contributed by atoms with Gasteiger partial charge in [-0.1, -0.05) is 30.0 Å². The van der Waals surface area contributed by atoms with Crippen molar-refractivity contribution in [1.29, 1.82) is 0 Å². The lowest BCUT2D eigenvalue weighted by atomic mass is 10.4. The van der Waals surface area contributed by atoms with Gasteiger partial charge in [-0.3, -0.25) is 9.69 Å². The van der Waals surface area contributed by atoms with Gasteiger partial charge in [-0.05, 0) is 19.1 Å². The third kappa shape index (κ3) is 2.56. The SMILES string of the molecule is CCN1C(=O)CSC1=NS(=O)(=O)c1ccccc1. The Morgan fingerprint density at radius 3 is 2.61 bits per heavy atom. The Kier molecular flexibility index (Phi) is 3.72. The number of thioether (sulfide) groups is 1. The number of benzene rings is 1. The molecule has 0 spiro atoms. The van der Waals surface area contributed by atoms with E-state index in [1.54, 1.807) is 25.1 Å². The highest BCUT2D eigenvalue weighted by molar-refractivity contribution is 8.15. The van der Waals surface area contributed by atoms with Crippen molar-refractivity contribution in [1.82, 2.24) is 4.90 Å². The van der Waals surface area contributed by atoms with E-state index in [9.17, 15) is 13.2 Å². The number of hydrogen-bond acceptors (Lipinski definition) is 4. The fourth-order valence-corrected chi connectivity index (χ4v) is 3.74. The van der Waals surface area contributed by atoms with E-state index in [0.717, 1.165) is 11.8 Å². The van der Waals surface area contributed by atoms with Gasteiger partial charge in [-0.2, -0.15) is 8.42 Å². The quantitative estimate of drug-likeness (QED) is 0.839. The van der Waals surface area contributed by atoms with Crippen LogP contribution < -0.4 is 0 Å². The number of sulfonamides is 1. The predicted molar refractivity (Wildman–Crippen MR) is 70.9 cm³/mol. The molecule has 0 aromatic heterocycles. The van der Waals surface area contributed by atoms with E-state index in [-0.39, 0.29) is 21.7 Å². The van der Waals surface area contributed by atoms with Crippen LogP contribution in [0.15, 0.2) is 39.6 Å². The van der Waals surface area contributed by atoms with Crippen molar-refractivity contribution >= 4 is 32.9 Å². The molecule has 1 aliphatic heterocycles. The van der Waals surface area contributed by atoms with Crippen LogP contribution in [0.2, 0.25) is 0 Å². The molecule has 1 amide bonds. The topological polar surface area (TPSA) is 66.8 Å². The maximum atomic E-state index is 12.0. The highest BCUT2D eigenvalue weighted by Crippen LogP contribution is 2.22. The first-order chi connectivity index (χ1) is 8.54. The zero-order valence-electron chi connectivity index (χ0n) is 9.74. The van der Waals surface area contributed by atoms with Crippen LogP contribution in [0.5, 0.6) is 0 Å². The summed E-state index contributed by atoms with van der Waals surface area (Å²) in [5.74, 6) is 0.140. The summed E-state index contributed by atoms with van der Waals surface area (Å²) in [5, 5.41) is 0.256. The van der Waals surface area contributed by atoms with Crippen molar-refractivity contribution < 1.29 is 13.2 Å². The van der Waals surface area contributed by atoms with Crippen molar-refractivity contribution in [3.8, 4) is 0 Å². The lowest BCUT2D eigenvalue weighted by Gasteiger charge is -2.12. The van der Waals surface area contributed by atoms with E-state index in [0.29, 0.717) is 6.54 Å². The van der Waals surface area contributed by atoms with Gasteiger partial charge < -0.3 is 0 Å². The summed E-state index contributed by atoms with van der Waals surface area (Å²) < 4.78 is 27.8. The first-order valence-electron chi connectivity index (χ1n) is 5.38. The van der Waals surface area contributed by atoms with Crippen molar-refractivity contribution in [2.24, 2.45) is 4.40 Å². The largest absolute Gasteiger partial charge is 0.290 e. The van der Waals surface area contributed by atoms with Gasteiger partial charge in [0.1, 0.15) is 0 Å². The van der Waals surface area contributed by atoms with Crippen molar-refractivity contribution in [2.75, 3.05) is 12.3 Å². The van der Waals surface area contributed by atoms with Crippen molar-refractivity contribution in [2.45, 2.75) is 11.8 Å². The molecule has 1 fully saturated rings. The van der Waals surface area contributed by atoms with E-state index in [4.69, 9.17) is 0 Å². The fraction of sp³-hybridized carbons (Fsp3) is 0.273. The molecule has 1 aromatic carbocycles. The Hall–Kier alpha value is -1.34. The van der Waals surface area contributed by atoms with Crippen LogP contribution >= 0.6 is 11.8 Å². The highest BCUT2D eigenvalue weighted by Gasteiger charge is 2.28. The van der Waals surface area contributed by atoms with E-state index in [1.807, 2.05) is 0 Å². The fourth-order valence-electron chi connectivity index (χ4n) is 1.52. The Bertz CT molecular complexity index is 582. The van der Waals surface area contributed by atoms with E-state index in [2.05, 4.69) is 4.40 Å². The van der Waals surface area contributed by atoms with Crippen LogP contribution in [0, 0.1) is 0 Å². The van der Waals surface area contributed by atoms with Gasteiger partial charge in [0.25, 0.3) is 10.0 Å². The molecule has 2 rings (SSSR count). The molecule has 5 nitrogen and oxygen atoms in total. The Balaban J connectivity index is 2.36. The second-order valence-corrected chi connectivity index (χ2v) is 6.14. The van der Waals surface area contributed by atoms with E-state index in [1.165, 1.54) is 17.0 Å². The molecular weight excluding hydrogens is 272 g/mol. The summed E-state index contributed by atoms with van der Waals surface area (Å²) >= 11 is 1.15. The summed E-state index contributed by atoms with van der Waals surface area (Å²) in [5.41, 5.74) is 0. The average molecular weight is 284 g/mol. The molecule has 0 bridgehead atoms. The smallest absolute Gasteiger partial charge is 0.284 e. The molecule has 0 N–H and O–H groups in total. The molecule has 1 heterocycles. The van der Waals surface area contributed by atoms with Crippen molar-refractivity contribution in [3.63, 3.8) is 0 Å². The highest BCUT2D eigenvalue weighted by atomic mass is 32.2. The Morgan fingerprint density at radius 2 is 2.00 bits per heavy atom. The van der Waals surface area contributed by atoms with Crippen LogP contribution in [0.3, 0.4) is 0 Å². The van der Waals surface area contributed by atoms with Crippen LogP contribution in [0.1, 0.15) is 6.92 Å². The third-order valence-electron chi connectivity index (χ3n) is 2.41. The van der Waals surface area contributed by atoms with Gasteiger partial charge in [0, 0.05) is 6.54 Å². The molecule has 18 heavy (non-hydrogen) atoms. The monoisotopic (exact) mass is 284 g/mol. The van der Waals surface area contributed by atoms with E-state index >= 15 is 0 Å². The van der Waals surface area contributed by atoms with Gasteiger partial charge >= 0.3 is 0 Å². The number of carbonyl (C=O) groups excluding carboxylic acids is 1. The number of hydrogen-bond donors (Lipinski definition) is 0. The van der Waals surface area contributed by atoms with Crippen LogP contribution in [0.4, 0.5) is 0 Å². The van der Waals surface area contributed by atoms with Gasteiger partial charge in [-0.15, -0.1) is 4.40 Å². The van der Waals surface area contributed by atoms with Crippen LogP contribution in [-0.4, -0.2) is 36.7 Å². The maximum absolute atomic E-state index is 12.0. The van der Waals surface area contributed by atoms with Gasteiger partial charge in [0.15, 0.2) is 5.17 Å². The minimum atomic E-state index is -3.74. The molecule has 7 heteroatoms. The number of nitrogens with zero attached hydrogens (tertiary/aromatic N) is 2. The zero-order chi connectivity index (χ0) is 13.2. The first kappa shape index (κ1) is 13.1. The maximum Gasteiger partial charge on any atom is 0.284 e. The molecule has 96 valence electrons. The second-order valence-electron chi connectivity index (χ2n) is 3.59. The molecule has 0 aliphatic carbocycles. The minimum absolute atomic E-state index is 0.107. The summed E-state index contributed by atoms with van der Waals surface area (Å²) in [6, 6.07) is 7.97. The number of amides is 1. The second kappa shape index (κ2) is 5.11. The third-order valence-corrected chi connectivity index (χ3v) is 4.77. The minimum Gasteiger partial charge on any atom is -0.290 e. The molecule has 0 atom stereocenters. The van der Waals surface area contributed by atoms with Gasteiger partial charge in [-0.25, -0.2) is 0 Å². The normalized spacial score (nSPS) is 18.6. The summed E-state index contributed by atoms with van der Waals surface area (Å²) in [6.45, 7) is 2.21. The zero-order valence-corrected chi connectivity index (χ0v) is 11.4. The standard InChI is InChI=1S/C11H12N2O3S2/c1-2-13-10(14)8-17-11(13)12-18(15,16)9-6-4-3-5-7-9/h3-7H,2,8H2,1H3. The van der Waals surface area contributed by atoms with Gasteiger partial charge in [0.05, 0.1) is 10.6 Å². The number of carbonyl (C=O) groups is 1. The summed E-state index contributed by atoms with van der Waals surface area (Å²) in [7, 11) is -3.74. The van der Waals surface area contributed by atoms with E-state index < -0.39 is 10.0 Å². The molecule has 1 saturated heterocycles. The lowest BCUT2D eigenvalue weighted by molar-refractivity contribution is -0.123. The molecule has 0 saturated carbocycles. The predicted octanol–water partition coefficient (Wildman–Crippen LogP) is 1.33. The molecule has 0 unspecified atom stereocenters. The number of amidine groups is 1. The summed E-state index contributed by atoms with van der Waals surface area (Å²) in [4.78, 5) is 13.0. The molecule has 0 radical (unpaired) electrons. The van der Waals surface area contributed by atoms with Crippen molar-refractivity contribution in [3.05, 3.63) is 30.3 Å². The summed E-state index contributed by atoms with van der Waals surface area (Å²) in [6.07, 6.45) is 0. The average Bonchev–Trinajstić information content (AvgIpc) is 2.70. The first-order valence-corrected chi connectivity index (χ1v) is 7.80. The molecule has 1 aromatic rings. The molecular formula is C11H12N2O3S2.